The maximum atomic E-state index is 9.55. The fourth-order valence-electron chi connectivity index (χ4n) is 2.99. The number of aliphatic imine (C=N–C) groups is 1. The highest BCUT2D eigenvalue weighted by Crippen LogP contribution is 2.40. The Labute approximate surface area is 188 Å². The van der Waals surface area contributed by atoms with Crippen LogP contribution in [0.5, 0.6) is 0 Å². The zero-order valence-electron chi connectivity index (χ0n) is 16.7. The Kier molecular flexibility index (Phi) is 7.67. The number of rotatable bonds is 2. The van der Waals surface area contributed by atoms with Crippen molar-refractivity contribution in [3.63, 3.8) is 0 Å². The third-order valence-electron chi connectivity index (χ3n) is 4.54. The standard InChI is InChI=1S/C17H17ClN4S.C4H4O4/c1-21-7-9-22(10-8-21)16-13-11-12(18)4-5-15(13)23-17-14(20-16)3-2-6-19-17;5-3(6)1-2-4(7)8/h2-6,11H,7-10H2,1H3;1-2H,(H,5,6)(H,7,8)/b;2-1+. The number of carboxylic acid groups (broad SMARTS) is 2. The maximum absolute atomic E-state index is 9.55. The van der Waals surface area contributed by atoms with Crippen LogP contribution in [0.15, 0.2) is 63.6 Å². The molecule has 0 spiro atoms. The fourth-order valence-corrected chi connectivity index (χ4v) is 4.10. The van der Waals surface area contributed by atoms with E-state index in [2.05, 4.69) is 27.9 Å². The summed E-state index contributed by atoms with van der Waals surface area (Å²) < 4.78 is 0. The summed E-state index contributed by atoms with van der Waals surface area (Å²) in [4.78, 5) is 34.4. The quantitative estimate of drug-likeness (QED) is 0.658. The van der Waals surface area contributed by atoms with Crippen LogP contribution in [0.3, 0.4) is 0 Å². The second kappa shape index (κ2) is 10.4. The van der Waals surface area contributed by atoms with Crippen molar-refractivity contribution in [2.45, 2.75) is 9.92 Å². The van der Waals surface area contributed by atoms with Gasteiger partial charge in [0.2, 0.25) is 0 Å². The van der Waals surface area contributed by atoms with Crippen LogP contribution in [0, 0.1) is 0 Å². The number of carboxylic acids is 2. The number of piperazine rings is 1. The van der Waals surface area contributed by atoms with Crippen LogP contribution < -0.4 is 0 Å². The number of amidine groups is 1. The Bertz CT molecular complexity index is 1020. The third kappa shape index (κ3) is 6.30. The lowest BCUT2D eigenvalue weighted by atomic mass is 10.1. The van der Waals surface area contributed by atoms with Crippen LogP contribution in [0.1, 0.15) is 5.56 Å². The summed E-state index contributed by atoms with van der Waals surface area (Å²) in [5.41, 5.74) is 2.03. The lowest BCUT2D eigenvalue weighted by molar-refractivity contribution is -0.134. The van der Waals surface area contributed by atoms with E-state index in [9.17, 15) is 9.59 Å². The van der Waals surface area contributed by atoms with Gasteiger partial charge in [0.1, 0.15) is 10.9 Å². The highest BCUT2D eigenvalue weighted by atomic mass is 35.5. The van der Waals surface area contributed by atoms with Crippen molar-refractivity contribution < 1.29 is 19.8 Å². The number of benzene rings is 1. The Morgan fingerprint density at radius 1 is 1.10 bits per heavy atom. The van der Waals surface area contributed by atoms with Gasteiger partial charge in [0.25, 0.3) is 0 Å². The molecule has 1 aromatic heterocycles. The second-order valence-corrected chi connectivity index (χ2v) is 8.27. The smallest absolute Gasteiger partial charge is 0.328 e. The number of nitrogens with zero attached hydrogens (tertiary/aromatic N) is 4. The molecule has 2 aromatic rings. The molecule has 0 aliphatic carbocycles. The topological polar surface area (TPSA) is 106 Å². The first-order valence-corrected chi connectivity index (χ1v) is 10.6. The van der Waals surface area contributed by atoms with Gasteiger partial charge < -0.3 is 20.0 Å². The Morgan fingerprint density at radius 3 is 2.42 bits per heavy atom. The van der Waals surface area contributed by atoms with Crippen LogP contribution in [0.2, 0.25) is 5.02 Å². The molecule has 0 bridgehead atoms. The normalized spacial score (nSPS) is 15.8. The molecule has 8 nitrogen and oxygen atoms in total. The van der Waals surface area contributed by atoms with Crippen molar-refractivity contribution in [1.82, 2.24) is 14.8 Å². The first-order chi connectivity index (χ1) is 14.8. The number of carbonyl (C=O) groups is 2. The van der Waals surface area contributed by atoms with Crippen LogP contribution in [0.25, 0.3) is 0 Å². The third-order valence-corrected chi connectivity index (χ3v) is 5.86. The minimum atomic E-state index is -1.26. The summed E-state index contributed by atoms with van der Waals surface area (Å²) in [6, 6.07) is 9.99. The predicted octanol–water partition coefficient (Wildman–Crippen LogP) is 3.24. The molecule has 0 atom stereocenters. The average molecular weight is 461 g/mol. The molecule has 0 saturated carbocycles. The molecule has 2 aliphatic rings. The molecular weight excluding hydrogens is 440 g/mol. The monoisotopic (exact) mass is 460 g/mol. The number of halogens is 1. The first-order valence-electron chi connectivity index (χ1n) is 9.42. The summed E-state index contributed by atoms with van der Waals surface area (Å²) in [6.07, 6.45) is 2.93. The minimum Gasteiger partial charge on any atom is -0.478 e. The molecule has 1 saturated heterocycles. The lowest BCUT2D eigenvalue weighted by Crippen LogP contribution is -2.47. The molecule has 1 aromatic carbocycles. The van der Waals surface area contributed by atoms with Crippen LogP contribution in [-0.4, -0.2) is 76.0 Å². The summed E-state index contributed by atoms with van der Waals surface area (Å²) in [5, 5.41) is 17.3. The minimum absolute atomic E-state index is 0.558. The largest absolute Gasteiger partial charge is 0.478 e. The van der Waals surface area contributed by atoms with Crippen molar-refractivity contribution in [3.8, 4) is 0 Å². The maximum Gasteiger partial charge on any atom is 0.328 e. The molecule has 3 heterocycles. The SMILES string of the molecule is CN1CCN(C2=Nc3cccnc3Sc3ccc(Cl)cc32)CC1.O=C(O)/C=C/C(=O)O. The molecule has 10 heteroatoms. The summed E-state index contributed by atoms with van der Waals surface area (Å²) >= 11 is 7.92. The average Bonchev–Trinajstić information content (AvgIpc) is 2.90. The summed E-state index contributed by atoms with van der Waals surface area (Å²) in [5.74, 6) is -1.50. The van der Waals surface area contributed by atoms with Gasteiger partial charge in [-0.05, 0) is 37.4 Å². The second-order valence-electron chi connectivity index (χ2n) is 6.81. The molecule has 162 valence electrons. The van der Waals surface area contributed by atoms with Gasteiger partial charge in [0, 0.05) is 60.0 Å². The number of fused-ring (bicyclic) bond motifs is 2. The van der Waals surface area contributed by atoms with Gasteiger partial charge in [-0.15, -0.1) is 0 Å². The molecule has 0 amide bonds. The van der Waals surface area contributed by atoms with Gasteiger partial charge in [-0.25, -0.2) is 19.6 Å². The van der Waals surface area contributed by atoms with Gasteiger partial charge in [0.05, 0.1) is 5.69 Å². The van der Waals surface area contributed by atoms with Gasteiger partial charge in [0.15, 0.2) is 0 Å². The number of aromatic nitrogens is 1. The van der Waals surface area contributed by atoms with E-state index in [1.54, 1.807) is 11.8 Å². The molecule has 4 rings (SSSR count). The molecule has 1 fully saturated rings. The van der Waals surface area contributed by atoms with Gasteiger partial charge >= 0.3 is 11.9 Å². The van der Waals surface area contributed by atoms with E-state index in [0.717, 1.165) is 58.2 Å². The van der Waals surface area contributed by atoms with Crippen molar-refractivity contribution in [1.29, 1.82) is 0 Å². The van der Waals surface area contributed by atoms with Crippen LogP contribution in [0.4, 0.5) is 5.69 Å². The fraction of sp³-hybridized carbons (Fsp3) is 0.238. The van der Waals surface area contributed by atoms with E-state index in [1.165, 1.54) is 0 Å². The van der Waals surface area contributed by atoms with Gasteiger partial charge in [-0.3, -0.25) is 0 Å². The van der Waals surface area contributed by atoms with Crippen LogP contribution >= 0.6 is 23.4 Å². The summed E-state index contributed by atoms with van der Waals surface area (Å²) in [7, 11) is 2.16. The van der Waals surface area contributed by atoms with Crippen LogP contribution in [-0.2, 0) is 9.59 Å². The number of pyridine rings is 1. The van der Waals surface area contributed by atoms with E-state index in [-0.39, 0.29) is 0 Å². The summed E-state index contributed by atoms with van der Waals surface area (Å²) in [6.45, 7) is 4.03. The zero-order valence-corrected chi connectivity index (χ0v) is 18.3. The van der Waals surface area contributed by atoms with Gasteiger partial charge in [-0.1, -0.05) is 23.4 Å². The Balaban J connectivity index is 0.000000293. The predicted molar refractivity (Wildman–Crippen MR) is 119 cm³/mol. The first kappa shape index (κ1) is 22.8. The van der Waals surface area contributed by atoms with Gasteiger partial charge in [-0.2, -0.15) is 0 Å². The van der Waals surface area contributed by atoms with E-state index in [0.29, 0.717) is 12.2 Å². The molecule has 2 aliphatic heterocycles. The van der Waals surface area contributed by atoms with Crippen molar-refractivity contribution in [2.24, 2.45) is 4.99 Å². The molecule has 2 N–H and O–H groups in total. The highest BCUT2D eigenvalue weighted by Gasteiger charge is 2.25. The van der Waals surface area contributed by atoms with Crippen molar-refractivity contribution in [3.05, 3.63) is 59.3 Å². The van der Waals surface area contributed by atoms with E-state index < -0.39 is 11.9 Å². The Morgan fingerprint density at radius 2 is 1.77 bits per heavy atom. The molecule has 31 heavy (non-hydrogen) atoms. The molecule has 0 unspecified atom stereocenters. The van der Waals surface area contributed by atoms with E-state index in [1.807, 2.05) is 30.5 Å². The lowest BCUT2D eigenvalue weighted by Gasteiger charge is -2.34. The zero-order chi connectivity index (χ0) is 22.4. The van der Waals surface area contributed by atoms with E-state index >= 15 is 0 Å². The number of hydrogen-bond donors (Lipinski definition) is 2. The molecular formula is C21H21ClN4O4S. The Hall–Kier alpha value is -2.88. The molecule has 0 radical (unpaired) electrons. The van der Waals surface area contributed by atoms with Crippen molar-refractivity contribution >= 4 is 46.8 Å². The van der Waals surface area contributed by atoms with Crippen molar-refractivity contribution in [2.75, 3.05) is 33.2 Å². The number of aliphatic carboxylic acids is 2. The van der Waals surface area contributed by atoms with E-state index in [4.69, 9.17) is 26.8 Å². The number of hydrogen-bond acceptors (Lipinski definition) is 7. The highest BCUT2D eigenvalue weighted by molar-refractivity contribution is 7.99. The number of likely N-dealkylation sites (N-methyl/N-ethyl adjacent to an activating group) is 1.